The van der Waals surface area contributed by atoms with E-state index in [-0.39, 0.29) is 17.9 Å². The Morgan fingerprint density at radius 3 is 2.17 bits per heavy atom. The Balaban J connectivity index is 1.59. The Morgan fingerprint density at radius 2 is 1.59 bits per heavy atom. The lowest BCUT2D eigenvalue weighted by molar-refractivity contribution is -0.119. The van der Waals surface area contributed by atoms with Crippen molar-refractivity contribution in [2.24, 2.45) is 0 Å². The van der Waals surface area contributed by atoms with Gasteiger partial charge in [0.05, 0.1) is 0 Å². The van der Waals surface area contributed by atoms with Crippen LogP contribution in [0.4, 0.5) is 0 Å². The maximum Gasteiger partial charge on any atom is 0.251 e. The monoisotopic (exact) mass is 387 g/mol. The van der Waals surface area contributed by atoms with Crippen LogP contribution in [0, 0.1) is 0 Å². The molecule has 0 bridgehead atoms. The SMILES string of the molecule is CC(=O)NC(C)Cc1ccc(-c2ccc(C(=O)NCc3cccnc3)cc2)cc1. The van der Waals surface area contributed by atoms with Crippen LogP contribution in [0.15, 0.2) is 73.1 Å². The molecule has 0 radical (unpaired) electrons. The van der Waals surface area contributed by atoms with E-state index in [0.29, 0.717) is 12.1 Å². The van der Waals surface area contributed by atoms with Crippen molar-refractivity contribution in [2.45, 2.75) is 32.9 Å². The standard InChI is InChI=1S/C24H25N3O2/c1-17(27-18(2)28)14-19-5-7-21(8-6-19)22-9-11-23(12-10-22)24(29)26-16-20-4-3-13-25-15-20/h3-13,15,17H,14,16H2,1-2H3,(H,26,29)(H,27,28). The molecule has 0 saturated carbocycles. The van der Waals surface area contributed by atoms with Gasteiger partial charge in [-0.3, -0.25) is 14.6 Å². The first-order valence-electron chi connectivity index (χ1n) is 9.65. The Kier molecular flexibility index (Phi) is 6.74. The van der Waals surface area contributed by atoms with Crippen molar-refractivity contribution in [2.75, 3.05) is 0 Å². The Labute approximate surface area is 171 Å². The van der Waals surface area contributed by atoms with Crippen LogP contribution in [0.1, 0.15) is 35.3 Å². The summed E-state index contributed by atoms with van der Waals surface area (Å²) in [5.41, 5.74) is 4.89. The van der Waals surface area contributed by atoms with Crippen LogP contribution in [-0.4, -0.2) is 22.8 Å². The fourth-order valence-electron chi connectivity index (χ4n) is 3.19. The van der Waals surface area contributed by atoms with Crippen molar-refractivity contribution in [1.82, 2.24) is 15.6 Å². The molecule has 0 aliphatic heterocycles. The molecule has 3 rings (SSSR count). The molecule has 5 heteroatoms. The molecule has 0 spiro atoms. The van der Waals surface area contributed by atoms with Gasteiger partial charge in [-0.25, -0.2) is 0 Å². The number of nitrogens with zero attached hydrogens (tertiary/aromatic N) is 1. The molecule has 2 N–H and O–H groups in total. The van der Waals surface area contributed by atoms with E-state index in [1.807, 2.05) is 43.3 Å². The number of pyridine rings is 1. The summed E-state index contributed by atoms with van der Waals surface area (Å²) < 4.78 is 0. The van der Waals surface area contributed by atoms with E-state index in [0.717, 1.165) is 23.1 Å². The number of aromatic nitrogens is 1. The second-order valence-electron chi connectivity index (χ2n) is 7.12. The van der Waals surface area contributed by atoms with Crippen molar-refractivity contribution < 1.29 is 9.59 Å². The van der Waals surface area contributed by atoms with E-state index in [9.17, 15) is 9.59 Å². The Hall–Kier alpha value is -3.47. The van der Waals surface area contributed by atoms with Gasteiger partial charge in [-0.2, -0.15) is 0 Å². The predicted octanol–water partition coefficient (Wildman–Crippen LogP) is 3.75. The first kappa shape index (κ1) is 20.3. The highest BCUT2D eigenvalue weighted by atomic mass is 16.2. The molecule has 2 amide bonds. The molecular formula is C24H25N3O2. The highest BCUT2D eigenvalue weighted by molar-refractivity contribution is 5.94. The molecule has 1 aromatic heterocycles. The smallest absolute Gasteiger partial charge is 0.251 e. The topological polar surface area (TPSA) is 71.1 Å². The van der Waals surface area contributed by atoms with Crippen LogP contribution in [-0.2, 0) is 17.8 Å². The zero-order valence-corrected chi connectivity index (χ0v) is 16.7. The van der Waals surface area contributed by atoms with Gasteiger partial charge in [-0.1, -0.05) is 42.5 Å². The van der Waals surface area contributed by atoms with Crippen LogP contribution < -0.4 is 10.6 Å². The third kappa shape index (κ3) is 6.01. The summed E-state index contributed by atoms with van der Waals surface area (Å²) in [7, 11) is 0. The summed E-state index contributed by atoms with van der Waals surface area (Å²) in [6.45, 7) is 3.97. The molecule has 0 aliphatic rings. The molecule has 2 aromatic carbocycles. The predicted molar refractivity (Wildman–Crippen MR) is 114 cm³/mol. The zero-order valence-electron chi connectivity index (χ0n) is 16.7. The van der Waals surface area contributed by atoms with Gasteiger partial charge in [-0.05, 0) is 53.8 Å². The lowest BCUT2D eigenvalue weighted by Crippen LogP contribution is -2.31. The number of amides is 2. The normalized spacial score (nSPS) is 11.5. The maximum absolute atomic E-state index is 12.3. The fraction of sp³-hybridized carbons (Fsp3) is 0.208. The van der Waals surface area contributed by atoms with Gasteiger partial charge in [-0.15, -0.1) is 0 Å². The number of rotatable bonds is 7. The Morgan fingerprint density at radius 1 is 0.931 bits per heavy atom. The van der Waals surface area contributed by atoms with Crippen LogP contribution in [0.3, 0.4) is 0 Å². The third-order valence-corrected chi connectivity index (χ3v) is 4.60. The van der Waals surface area contributed by atoms with Crippen LogP contribution in [0.25, 0.3) is 11.1 Å². The second kappa shape index (κ2) is 9.64. The van der Waals surface area contributed by atoms with Gasteiger partial charge in [0.2, 0.25) is 5.91 Å². The number of hydrogen-bond donors (Lipinski definition) is 2. The summed E-state index contributed by atoms with van der Waals surface area (Å²) in [6.07, 6.45) is 4.24. The van der Waals surface area contributed by atoms with Gasteiger partial charge in [0.15, 0.2) is 0 Å². The number of nitrogens with one attached hydrogen (secondary N) is 2. The van der Waals surface area contributed by atoms with Gasteiger partial charge in [0.25, 0.3) is 5.91 Å². The first-order chi connectivity index (χ1) is 14.0. The van der Waals surface area contributed by atoms with E-state index in [1.165, 1.54) is 12.5 Å². The highest BCUT2D eigenvalue weighted by Gasteiger charge is 2.07. The van der Waals surface area contributed by atoms with Gasteiger partial charge in [0.1, 0.15) is 0 Å². The minimum atomic E-state index is -0.109. The average Bonchev–Trinajstić information content (AvgIpc) is 2.73. The molecule has 0 fully saturated rings. The average molecular weight is 387 g/mol. The molecule has 1 atom stereocenters. The number of carbonyl (C=O) groups excluding carboxylic acids is 2. The van der Waals surface area contributed by atoms with E-state index in [1.54, 1.807) is 12.4 Å². The van der Waals surface area contributed by atoms with Crippen molar-refractivity contribution in [3.8, 4) is 11.1 Å². The summed E-state index contributed by atoms with van der Waals surface area (Å²) in [6, 6.07) is 19.7. The van der Waals surface area contributed by atoms with Crippen LogP contribution >= 0.6 is 0 Å². The van der Waals surface area contributed by atoms with Crippen molar-refractivity contribution in [1.29, 1.82) is 0 Å². The lowest BCUT2D eigenvalue weighted by atomic mass is 10.00. The largest absolute Gasteiger partial charge is 0.354 e. The minimum absolute atomic E-state index is 0.0151. The van der Waals surface area contributed by atoms with E-state index in [2.05, 4.69) is 39.9 Å². The van der Waals surface area contributed by atoms with Crippen LogP contribution in [0.2, 0.25) is 0 Å². The second-order valence-corrected chi connectivity index (χ2v) is 7.12. The Bertz CT molecular complexity index is 952. The third-order valence-electron chi connectivity index (χ3n) is 4.60. The number of benzene rings is 2. The van der Waals surface area contributed by atoms with E-state index in [4.69, 9.17) is 0 Å². The molecule has 3 aromatic rings. The van der Waals surface area contributed by atoms with E-state index >= 15 is 0 Å². The van der Waals surface area contributed by atoms with Gasteiger partial charge >= 0.3 is 0 Å². The molecule has 29 heavy (non-hydrogen) atoms. The molecule has 1 heterocycles. The molecule has 5 nitrogen and oxygen atoms in total. The number of carbonyl (C=O) groups is 2. The van der Waals surface area contributed by atoms with Crippen molar-refractivity contribution in [3.05, 3.63) is 89.7 Å². The molecule has 0 aliphatic carbocycles. The van der Waals surface area contributed by atoms with E-state index < -0.39 is 0 Å². The van der Waals surface area contributed by atoms with Gasteiger partial charge < -0.3 is 10.6 Å². The molecule has 0 saturated heterocycles. The van der Waals surface area contributed by atoms with Gasteiger partial charge in [0, 0.05) is 37.5 Å². The summed E-state index contributed by atoms with van der Waals surface area (Å²) in [5.74, 6) is -0.124. The minimum Gasteiger partial charge on any atom is -0.354 e. The lowest BCUT2D eigenvalue weighted by Gasteiger charge is -2.13. The summed E-state index contributed by atoms with van der Waals surface area (Å²) >= 11 is 0. The van der Waals surface area contributed by atoms with Crippen LogP contribution in [0.5, 0.6) is 0 Å². The van der Waals surface area contributed by atoms with Crippen molar-refractivity contribution >= 4 is 11.8 Å². The molecular weight excluding hydrogens is 362 g/mol. The molecule has 148 valence electrons. The maximum atomic E-state index is 12.3. The first-order valence-corrected chi connectivity index (χ1v) is 9.65. The number of hydrogen-bond acceptors (Lipinski definition) is 3. The quantitative estimate of drug-likeness (QED) is 0.649. The summed E-state index contributed by atoms with van der Waals surface area (Å²) in [5, 5.41) is 5.80. The van der Waals surface area contributed by atoms with Crippen molar-refractivity contribution in [3.63, 3.8) is 0 Å². The fourth-order valence-corrected chi connectivity index (χ4v) is 3.19. The zero-order chi connectivity index (χ0) is 20.6. The summed E-state index contributed by atoms with van der Waals surface area (Å²) in [4.78, 5) is 27.5. The molecule has 1 unspecified atom stereocenters. The highest BCUT2D eigenvalue weighted by Crippen LogP contribution is 2.21.